The highest BCUT2D eigenvalue weighted by Gasteiger charge is 2.30. The fourth-order valence-corrected chi connectivity index (χ4v) is 3.90. The van der Waals surface area contributed by atoms with Crippen LogP contribution < -0.4 is 11.1 Å². The maximum Gasteiger partial charge on any atom is 0.220 e. The summed E-state index contributed by atoms with van der Waals surface area (Å²) in [6.45, 7) is 0. The van der Waals surface area contributed by atoms with Gasteiger partial charge in [-0.05, 0) is 37.7 Å². The zero-order valence-electron chi connectivity index (χ0n) is 12.6. The summed E-state index contributed by atoms with van der Waals surface area (Å²) in [5.41, 5.74) is 6.07. The number of amides is 1. The summed E-state index contributed by atoms with van der Waals surface area (Å²) in [4.78, 5) is 12.3. The zero-order chi connectivity index (χ0) is 14.7. The molecule has 5 heteroatoms. The number of aromatic nitrogens is 2. The number of nitrogens with two attached hydrogens (primary N) is 1. The van der Waals surface area contributed by atoms with Gasteiger partial charge in [0.1, 0.15) is 0 Å². The van der Waals surface area contributed by atoms with E-state index in [4.69, 9.17) is 5.73 Å². The number of nitrogens with one attached hydrogen (secondary N) is 1. The van der Waals surface area contributed by atoms with E-state index in [1.165, 1.54) is 19.3 Å². The molecule has 2 aliphatic rings. The normalized spacial score (nSPS) is 33.0. The molecule has 1 amide bonds. The molecule has 2 unspecified atom stereocenters. The largest absolute Gasteiger partial charge is 0.351 e. The quantitative estimate of drug-likeness (QED) is 0.891. The van der Waals surface area contributed by atoms with Crippen LogP contribution in [-0.2, 0) is 4.79 Å². The van der Waals surface area contributed by atoms with Crippen LogP contribution in [0, 0.1) is 5.92 Å². The summed E-state index contributed by atoms with van der Waals surface area (Å²) in [5.74, 6) is 0.540. The summed E-state index contributed by atoms with van der Waals surface area (Å²) in [6.07, 6.45) is 12.3. The number of hydrogen-bond donors (Lipinski definition) is 2. The first-order valence-corrected chi connectivity index (χ1v) is 8.28. The van der Waals surface area contributed by atoms with E-state index >= 15 is 0 Å². The number of carbonyl (C=O) groups is 1. The molecule has 1 aromatic rings. The van der Waals surface area contributed by atoms with E-state index in [0.29, 0.717) is 18.4 Å². The van der Waals surface area contributed by atoms with Crippen molar-refractivity contribution in [2.45, 2.75) is 69.5 Å². The fraction of sp³-hybridized carbons (Fsp3) is 0.750. The standard InChI is InChI=1S/C16H26N4O/c17-13-6-3-5-12(13)11-16(21)19-14-7-1-2-8-15(14)20-10-4-9-18-20/h4,9-10,12-15H,1-3,5-8,11,17H2,(H,19,21)/t12-,13+,14?,15?/m0/s1. The lowest BCUT2D eigenvalue weighted by Gasteiger charge is -2.32. The zero-order valence-corrected chi connectivity index (χ0v) is 12.6. The van der Waals surface area contributed by atoms with Gasteiger partial charge >= 0.3 is 0 Å². The van der Waals surface area contributed by atoms with Crippen molar-refractivity contribution in [3.8, 4) is 0 Å². The van der Waals surface area contributed by atoms with Crippen molar-refractivity contribution >= 4 is 5.91 Å². The minimum Gasteiger partial charge on any atom is -0.351 e. The van der Waals surface area contributed by atoms with Crippen molar-refractivity contribution in [3.05, 3.63) is 18.5 Å². The summed E-state index contributed by atoms with van der Waals surface area (Å²) >= 11 is 0. The Labute approximate surface area is 126 Å². The monoisotopic (exact) mass is 290 g/mol. The van der Waals surface area contributed by atoms with Gasteiger partial charge in [0.15, 0.2) is 0 Å². The highest BCUT2D eigenvalue weighted by molar-refractivity contribution is 5.76. The second-order valence-electron chi connectivity index (χ2n) is 6.57. The molecule has 2 aliphatic carbocycles. The van der Waals surface area contributed by atoms with Gasteiger partial charge in [-0.2, -0.15) is 5.10 Å². The highest BCUT2D eigenvalue weighted by Crippen LogP contribution is 2.30. The Morgan fingerprint density at radius 2 is 2.10 bits per heavy atom. The Kier molecular flexibility index (Phi) is 4.58. The van der Waals surface area contributed by atoms with E-state index in [2.05, 4.69) is 10.4 Å². The van der Waals surface area contributed by atoms with Crippen molar-refractivity contribution in [1.82, 2.24) is 15.1 Å². The van der Waals surface area contributed by atoms with Crippen molar-refractivity contribution in [1.29, 1.82) is 0 Å². The van der Waals surface area contributed by atoms with E-state index in [1.54, 1.807) is 0 Å². The number of hydrogen-bond acceptors (Lipinski definition) is 3. The molecule has 0 saturated heterocycles. The van der Waals surface area contributed by atoms with Crippen molar-refractivity contribution in [2.75, 3.05) is 0 Å². The van der Waals surface area contributed by atoms with E-state index in [-0.39, 0.29) is 18.0 Å². The summed E-state index contributed by atoms with van der Waals surface area (Å²) in [5, 5.41) is 7.61. The second kappa shape index (κ2) is 6.60. The molecule has 0 aromatic carbocycles. The third-order valence-corrected chi connectivity index (χ3v) is 5.11. The molecule has 0 radical (unpaired) electrons. The molecular weight excluding hydrogens is 264 g/mol. The maximum absolute atomic E-state index is 12.3. The van der Waals surface area contributed by atoms with Crippen LogP contribution in [0.4, 0.5) is 0 Å². The molecule has 0 aliphatic heterocycles. The van der Waals surface area contributed by atoms with Gasteiger partial charge in [0, 0.05) is 24.9 Å². The second-order valence-corrected chi connectivity index (χ2v) is 6.57. The lowest BCUT2D eigenvalue weighted by Crippen LogP contribution is -2.44. The van der Waals surface area contributed by atoms with Crippen LogP contribution in [0.2, 0.25) is 0 Å². The molecular formula is C16H26N4O. The summed E-state index contributed by atoms with van der Waals surface area (Å²) in [7, 11) is 0. The molecule has 2 saturated carbocycles. The molecule has 116 valence electrons. The number of rotatable bonds is 4. The fourth-order valence-electron chi connectivity index (χ4n) is 3.90. The molecule has 0 bridgehead atoms. The van der Waals surface area contributed by atoms with Crippen LogP contribution in [0.1, 0.15) is 57.4 Å². The molecule has 1 heterocycles. The predicted molar refractivity (Wildman–Crippen MR) is 81.6 cm³/mol. The lowest BCUT2D eigenvalue weighted by molar-refractivity contribution is -0.123. The number of carbonyl (C=O) groups excluding carboxylic acids is 1. The Balaban J connectivity index is 1.58. The van der Waals surface area contributed by atoms with Gasteiger partial charge in [-0.25, -0.2) is 0 Å². The summed E-state index contributed by atoms with van der Waals surface area (Å²) < 4.78 is 2.01. The molecule has 0 spiro atoms. The van der Waals surface area contributed by atoms with Crippen LogP contribution >= 0.6 is 0 Å². The van der Waals surface area contributed by atoms with Crippen LogP contribution in [0.5, 0.6) is 0 Å². The van der Waals surface area contributed by atoms with Crippen LogP contribution in [-0.4, -0.2) is 27.8 Å². The van der Waals surface area contributed by atoms with Gasteiger partial charge in [0.2, 0.25) is 5.91 Å². The smallest absolute Gasteiger partial charge is 0.220 e. The lowest BCUT2D eigenvalue weighted by atomic mass is 9.90. The Bertz CT molecular complexity index is 459. The topological polar surface area (TPSA) is 72.9 Å². The molecule has 1 aromatic heterocycles. The van der Waals surface area contributed by atoms with Crippen LogP contribution in [0.25, 0.3) is 0 Å². The van der Waals surface area contributed by atoms with E-state index in [9.17, 15) is 4.79 Å². The van der Waals surface area contributed by atoms with Gasteiger partial charge in [-0.3, -0.25) is 9.48 Å². The Morgan fingerprint density at radius 1 is 1.24 bits per heavy atom. The average molecular weight is 290 g/mol. The first-order chi connectivity index (χ1) is 10.2. The first kappa shape index (κ1) is 14.6. The van der Waals surface area contributed by atoms with E-state index in [0.717, 1.165) is 25.7 Å². The van der Waals surface area contributed by atoms with Crippen molar-refractivity contribution in [3.63, 3.8) is 0 Å². The minimum absolute atomic E-state index is 0.168. The van der Waals surface area contributed by atoms with Gasteiger partial charge in [0.05, 0.1) is 12.1 Å². The van der Waals surface area contributed by atoms with Gasteiger partial charge in [-0.1, -0.05) is 19.3 Å². The molecule has 5 nitrogen and oxygen atoms in total. The van der Waals surface area contributed by atoms with Gasteiger partial charge in [-0.15, -0.1) is 0 Å². The Hall–Kier alpha value is -1.36. The third kappa shape index (κ3) is 3.46. The van der Waals surface area contributed by atoms with E-state index < -0.39 is 0 Å². The molecule has 3 rings (SSSR count). The minimum atomic E-state index is 0.168. The third-order valence-electron chi connectivity index (χ3n) is 5.11. The van der Waals surface area contributed by atoms with E-state index in [1.807, 2.05) is 23.1 Å². The molecule has 21 heavy (non-hydrogen) atoms. The van der Waals surface area contributed by atoms with Gasteiger partial charge in [0.25, 0.3) is 0 Å². The summed E-state index contributed by atoms with van der Waals surface area (Å²) in [6, 6.07) is 2.67. The highest BCUT2D eigenvalue weighted by atomic mass is 16.1. The first-order valence-electron chi connectivity index (χ1n) is 8.28. The SMILES string of the molecule is N[C@@H]1CCC[C@H]1CC(=O)NC1CCCCC1n1cccn1. The average Bonchev–Trinajstić information content (AvgIpc) is 3.12. The maximum atomic E-state index is 12.3. The molecule has 4 atom stereocenters. The number of nitrogens with zero attached hydrogens (tertiary/aromatic N) is 2. The molecule has 3 N–H and O–H groups in total. The van der Waals surface area contributed by atoms with Gasteiger partial charge < -0.3 is 11.1 Å². The van der Waals surface area contributed by atoms with Crippen LogP contribution in [0.15, 0.2) is 18.5 Å². The Morgan fingerprint density at radius 3 is 2.81 bits per heavy atom. The van der Waals surface area contributed by atoms with Crippen molar-refractivity contribution in [2.24, 2.45) is 11.7 Å². The van der Waals surface area contributed by atoms with Crippen LogP contribution in [0.3, 0.4) is 0 Å². The predicted octanol–water partition coefficient (Wildman–Crippen LogP) is 2.00. The van der Waals surface area contributed by atoms with Crippen molar-refractivity contribution < 1.29 is 4.79 Å². The molecule has 2 fully saturated rings.